The van der Waals surface area contributed by atoms with Gasteiger partial charge in [-0.25, -0.2) is 0 Å². The number of hydrogen-bond donors (Lipinski definition) is 1. The third-order valence-corrected chi connectivity index (χ3v) is 3.87. The van der Waals surface area contributed by atoms with E-state index < -0.39 is 0 Å². The molecule has 0 aliphatic rings. The number of ether oxygens (including phenoxy) is 1. The number of methoxy groups -OCH3 is 1. The van der Waals surface area contributed by atoms with E-state index in [1.807, 2.05) is 30.3 Å². The largest absolute Gasteiger partial charge is 0.497 e. The highest BCUT2D eigenvalue weighted by Gasteiger charge is 2.06. The van der Waals surface area contributed by atoms with Crippen LogP contribution in [0.25, 0.3) is 0 Å². The summed E-state index contributed by atoms with van der Waals surface area (Å²) in [5, 5.41) is 4.08. The summed E-state index contributed by atoms with van der Waals surface area (Å²) in [4.78, 5) is 11.9. The molecule has 0 aromatic heterocycles. The van der Waals surface area contributed by atoms with Crippen molar-refractivity contribution in [1.82, 2.24) is 5.32 Å². The third kappa shape index (κ3) is 4.93. The van der Waals surface area contributed by atoms with Crippen LogP contribution in [0, 0.1) is 0 Å². The minimum atomic E-state index is -0.0122. The molecule has 2 aromatic rings. The zero-order valence-electron chi connectivity index (χ0n) is 12.2. The fraction of sp³-hybridized carbons (Fsp3) is 0.235. The molecule has 0 spiro atoms. The molecule has 0 atom stereocenters. The lowest BCUT2D eigenvalue weighted by atomic mass is 10.1. The molecule has 0 aliphatic carbocycles. The second kappa shape index (κ2) is 8.06. The number of benzene rings is 2. The van der Waals surface area contributed by atoms with E-state index in [0.717, 1.165) is 16.9 Å². The van der Waals surface area contributed by atoms with Crippen LogP contribution >= 0.6 is 23.2 Å². The topological polar surface area (TPSA) is 38.3 Å². The highest BCUT2D eigenvalue weighted by molar-refractivity contribution is 6.35. The van der Waals surface area contributed by atoms with Crippen LogP contribution in [0.5, 0.6) is 5.75 Å². The van der Waals surface area contributed by atoms with Crippen LogP contribution in [-0.2, 0) is 17.8 Å². The molecular weight excluding hydrogens is 321 g/mol. The van der Waals surface area contributed by atoms with Gasteiger partial charge in [-0.15, -0.1) is 0 Å². The molecule has 0 aliphatic heterocycles. The molecule has 1 amide bonds. The maximum absolute atomic E-state index is 11.9. The maximum Gasteiger partial charge on any atom is 0.220 e. The van der Waals surface area contributed by atoms with Gasteiger partial charge in [-0.3, -0.25) is 4.79 Å². The lowest BCUT2D eigenvalue weighted by Crippen LogP contribution is -2.23. The zero-order valence-corrected chi connectivity index (χ0v) is 13.7. The van der Waals surface area contributed by atoms with Crippen LogP contribution in [0.4, 0.5) is 0 Å². The molecule has 2 aromatic carbocycles. The first kappa shape index (κ1) is 16.7. The average molecular weight is 338 g/mol. The normalized spacial score (nSPS) is 10.3. The standard InChI is InChI=1S/C17H17Cl2NO2/c1-22-15-7-2-12(3-8-15)11-20-17(21)9-5-13-4-6-14(18)10-16(13)19/h2-4,6-8,10H,5,9,11H2,1H3,(H,20,21). The predicted octanol–water partition coefficient (Wildman–Crippen LogP) is 4.25. The SMILES string of the molecule is COc1ccc(CNC(=O)CCc2ccc(Cl)cc2Cl)cc1. The number of aryl methyl sites for hydroxylation is 1. The second-order valence-corrected chi connectivity index (χ2v) is 5.70. The van der Waals surface area contributed by atoms with Crippen LogP contribution in [0.1, 0.15) is 17.5 Å². The average Bonchev–Trinajstić information content (AvgIpc) is 2.52. The Balaban J connectivity index is 1.80. The Morgan fingerprint density at radius 1 is 1.14 bits per heavy atom. The summed E-state index contributed by atoms with van der Waals surface area (Å²) in [6, 6.07) is 12.9. The van der Waals surface area contributed by atoms with Gasteiger partial charge in [-0.05, 0) is 41.8 Å². The van der Waals surface area contributed by atoms with Gasteiger partial charge in [0.25, 0.3) is 0 Å². The molecule has 1 N–H and O–H groups in total. The second-order valence-electron chi connectivity index (χ2n) is 4.86. The quantitative estimate of drug-likeness (QED) is 0.855. The van der Waals surface area contributed by atoms with Crippen molar-refractivity contribution >= 4 is 29.1 Å². The van der Waals surface area contributed by atoms with Gasteiger partial charge in [0, 0.05) is 23.0 Å². The van der Waals surface area contributed by atoms with Crippen molar-refractivity contribution in [2.45, 2.75) is 19.4 Å². The Hall–Kier alpha value is -1.71. The van der Waals surface area contributed by atoms with Crippen molar-refractivity contribution in [3.05, 3.63) is 63.6 Å². The highest BCUT2D eigenvalue weighted by Crippen LogP contribution is 2.22. The van der Waals surface area contributed by atoms with Crippen molar-refractivity contribution in [3.8, 4) is 5.75 Å². The summed E-state index contributed by atoms with van der Waals surface area (Å²) in [7, 11) is 1.62. The van der Waals surface area contributed by atoms with Gasteiger partial charge in [-0.2, -0.15) is 0 Å². The molecule has 0 saturated heterocycles. The molecular formula is C17H17Cl2NO2. The van der Waals surface area contributed by atoms with Crippen molar-refractivity contribution in [2.24, 2.45) is 0 Å². The van der Waals surface area contributed by atoms with Crippen molar-refractivity contribution in [3.63, 3.8) is 0 Å². The van der Waals surface area contributed by atoms with E-state index in [-0.39, 0.29) is 5.91 Å². The van der Waals surface area contributed by atoms with Gasteiger partial charge in [0.15, 0.2) is 0 Å². The molecule has 116 valence electrons. The monoisotopic (exact) mass is 337 g/mol. The Morgan fingerprint density at radius 2 is 1.86 bits per heavy atom. The van der Waals surface area contributed by atoms with E-state index in [1.165, 1.54) is 0 Å². The minimum Gasteiger partial charge on any atom is -0.497 e. The van der Waals surface area contributed by atoms with E-state index in [2.05, 4.69) is 5.32 Å². The summed E-state index contributed by atoms with van der Waals surface area (Å²) >= 11 is 11.9. The van der Waals surface area contributed by atoms with Gasteiger partial charge < -0.3 is 10.1 Å². The number of amides is 1. The van der Waals surface area contributed by atoms with Crippen molar-refractivity contribution < 1.29 is 9.53 Å². The highest BCUT2D eigenvalue weighted by atomic mass is 35.5. The van der Waals surface area contributed by atoms with Crippen LogP contribution < -0.4 is 10.1 Å². The number of rotatable bonds is 6. The van der Waals surface area contributed by atoms with Crippen molar-refractivity contribution in [1.29, 1.82) is 0 Å². The van der Waals surface area contributed by atoms with Crippen molar-refractivity contribution in [2.75, 3.05) is 7.11 Å². The summed E-state index contributed by atoms with van der Waals surface area (Å²) < 4.78 is 5.09. The first-order valence-corrected chi connectivity index (χ1v) is 7.67. The minimum absolute atomic E-state index is 0.0122. The first-order valence-electron chi connectivity index (χ1n) is 6.92. The van der Waals surface area contributed by atoms with E-state index in [4.69, 9.17) is 27.9 Å². The number of hydrogen-bond acceptors (Lipinski definition) is 2. The van der Waals surface area contributed by atoms with Gasteiger partial charge in [0.05, 0.1) is 7.11 Å². The summed E-state index contributed by atoms with van der Waals surface area (Å²) in [6.07, 6.45) is 0.974. The van der Waals surface area contributed by atoms with Gasteiger partial charge in [0.1, 0.15) is 5.75 Å². The van der Waals surface area contributed by atoms with E-state index in [0.29, 0.717) is 29.4 Å². The van der Waals surface area contributed by atoms with Gasteiger partial charge >= 0.3 is 0 Å². The summed E-state index contributed by atoms with van der Waals surface area (Å²) in [6.45, 7) is 0.497. The smallest absolute Gasteiger partial charge is 0.220 e. The molecule has 3 nitrogen and oxygen atoms in total. The number of halogens is 2. The predicted molar refractivity (Wildman–Crippen MR) is 89.6 cm³/mol. The number of carbonyl (C=O) groups is 1. The summed E-state index contributed by atoms with van der Waals surface area (Å²) in [5.41, 5.74) is 1.95. The van der Waals surface area contributed by atoms with Gasteiger partial charge in [0.2, 0.25) is 5.91 Å². The van der Waals surface area contributed by atoms with Crippen LogP contribution in [0.3, 0.4) is 0 Å². The summed E-state index contributed by atoms with van der Waals surface area (Å²) in [5.74, 6) is 0.786. The Morgan fingerprint density at radius 3 is 2.50 bits per heavy atom. The third-order valence-electron chi connectivity index (χ3n) is 3.29. The Labute approximate surface area is 140 Å². The van der Waals surface area contributed by atoms with Crippen LogP contribution in [-0.4, -0.2) is 13.0 Å². The molecule has 0 unspecified atom stereocenters. The fourth-order valence-corrected chi connectivity index (χ4v) is 2.51. The van der Waals surface area contributed by atoms with Crippen LogP contribution in [0.15, 0.2) is 42.5 Å². The molecule has 0 fully saturated rings. The van der Waals surface area contributed by atoms with Crippen LogP contribution in [0.2, 0.25) is 10.0 Å². The maximum atomic E-state index is 11.9. The van der Waals surface area contributed by atoms with Gasteiger partial charge in [-0.1, -0.05) is 41.4 Å². The fourth-order valence-electron chi connectivity index (χ4n) is 2.01. The molecule has 0 saturated carbocycles. The molecule has 5 heteroatoms. The van der Waals surface area contributed by atoms with E-state index >= 15 is 0 Å². The Kier molecular flexibility index (Phi) is 6.10. The Bertz CT molecular complexity index is 642. The molecule has 2 rings (SSSR count). The number of carbonyl (C=O) groups excluding carboxylic acids is 1. The molecule has 0 bridgehead atoms. The van der Waals surface area contributed by atoms with E-state index in [1.54, 1.807) is 19.2 Å². The lowest BCUT2D eigenvalue weighted by Gasteiger charge is -2.07. The molecule has 0 heterocycles. The zero-order chi connectivity index (χ0) is 15.9. The molecule has 22 heavy (non-hydrogen) atoms. The molecule has 0 radical (unpaired) electrons. The first-order chi connectivity index (χ1) is 10.6. The lowest BCUT2D eigenvalue weighted by molar-refractivity contribution is -0.121. The van der Waals surface area contributed by atoms with E-state index in [9.17, 15) is 4.79 Å². The number of nitrogens with one attached hydrogen (secondary N) is 1.